The SMILES string of the molecule is Cc1cccc(OCc2nc(C3CC3)c(CN)s2)c1. The van der Waals surface area contributed by atoms with Gasteiger partial charge in [-0.2, -0.15) is 0 Å². The first-order chi connectivity index (χ1) is 9.26. The summed E-state index contributed by atoms with van der Waals surface area (Å²) in [5, 5.41) is 1.03. The van der Waals surface area contributed by atoms with Crippen molar-refractivity contribution in [3.05, 3.63) is 45.4 Å². The number of hydrogen-bond acceptors (Lipinski definition) is 4. The Kier molecular flexibility index (Phi) is 3.53. The van der Waals surface area contributed by atoms with Gasteiger partial charge in [-0.25, -0.2) is 4.98 Å². The van der Waals surface area contributed by atoms with E-state index in [1.54, 1.807) is 11.3 Å². The van der Waals surface area contributed by atoms with E-state index < -0.39 is 0 Å². The van der Waals surface area contributed by atoms with Gasteiger partial charge in [0.2, 0.25) is 0 Å². The highest BCUT2D eigenvalue weighted by Gasteiger charge is 2.29. The summed E-state index contributed by atoms with van der Waals surface area (Å²) in [6.45, 7) is 3.19. The maximum Gasteiger partial charge on any atom is 0.140 e. The molecule has 3 nitrogen and oxygen atoms in total. The molecule has 1 aliphatic carbocycles. The molecule has 4 heteroatoms. The minimum atomic E-state index is 0.536. The Labute approximate surface area is 117 Å². The van der Waals surface area contributed by atoms with Gasteiger partial charge in [-0.15, -0.1) is 11.3 Å². The predicted octanol–water partition coefficient (Wildman–Crippen LogP) is 3.37. The molecule has 19 heavy (non-hydrogen) atoms. The maximum atomic E-state index is 5.79. The molecule has 0 amide bonds. The molecule has 1 saturated carbocycles. The fraction of sp³-hybridized carbons (Fsp3) is 0.400. The van der Waals surface area contributed by atoms with Crippen LogP contribution in [0.2, 0.25) is 0 Å². The van der Waals surface area contributed by atoms with Crippen LogP contribution in [0.1, 0.15) is 39.9 Å². The van der Waals surface area contributed by atoms with Gasteiger partial charge in [0.1, 0.15) is 17.4 Å². The van der Waals surface area contributed by atoms with Crippen LogP contribution in [0, 0.1) is 6.92 Å². The van der Waals surface area contributed by atoms with Crippen molar-refractivity contribution in [1.29, 1.82) is 0 Å². The quantitative estimate of drug-likeness (QED) is 0.909. The molecule has 0 unspecified atom stereocenters. The Hall–Kier alpha value is -1.39. The van der Waals surface area contributed by atoms with Crippen molar-refractivity contribution < 1.29 is 4.74 Å². The molecule has 3 rings (SSSR count). The number of aromatic nitrogens is 1. The van der Waals surface area contributed by atoms with Gasteiger partial charge in [0.25, 0.3) is 0 Å². The first-order valence-electron chi connectivity index (χ1n) is 6.64. The van der Waals surface area contributed by atoms with Gasteiger partial charge < -0.3 is 10.5 Å². The number of aryl methyl sites for hydroxylation is 1. The molecular weight excluding hydrogens is 256 g/mol. The van der Waals surface area contributed by atoms with Crippen LogP contribution in [0.15, 0.2) is 24.3 Å². The van der Waals surface area contributed by atoms with E-state index in [1.165, 1.54) is 29.0 Å². The van der Waals surface area contributed by atoms with Crippen LogP contribution in [0.4, 0.5) is 0 Å². The maximum absolute atomic E-state index is 5.79. The van der Waals surface area contributed by atoms with Crippen molar-refractivity contribution in [3.8, 4) is 5.75 Å². The van der Waals surface area contributed by atoms with Crippen LogP contribution in [0.5, 0.6) is 5.75 Å². The molecule has 1 aromatic heterocycles. The van der Waals surface area contributed by atoms with Gasteiger partial charge >= 0.3 is 0 Å². The van der Waals surface area contributed by atoms with Crippen molar-refractivity contribution in [2.75, 3.05) is 0 Å². The van der Waals surface area contributed by atoms with Gasteiger partial charge in [-0.3, -0.25) is 0 Å². The largest absolute Gasteiger partial charge is 0.486 e. The van der Waals surface area contributed by atoms with E-state index in [0.29, 0.717) is 19.1 Å². The zero-order chi connectivity index (χ0) is 13.2. The molecule has 2 N–H and O–H groups in total. The summed E-state index contributed by atoms with van der Waals surface area (Å²) in [6, 6.07) is 8.09. The Balaban J connectivity index is 1.69. The van der Waals surface area contributed by atoms with E-state index >= 15 is 0 Å². The molecule has 0 radical (unpaired) electrons. The molecule has 0 spiro atoms. The average Bonchev–Trinajstić information content (AvgIpc) is 3.17. The molecule has 0 atom stereocenters. The zero-order valence-corrected chi connectivity index (χ0v) is 11.9. The monoisotopic (exact) mass is 274 g/mol. The van der Waals surface area contributed by atoms with Crippen molar-refractivity contribution in [1.82, 2.24) is 4.98 Å². The zero-order valence-electron chi connectivity index (χ0n) is 11.1. The highest BCUT2D eigenvalue weighted by atomic mass is 32.1. The lowest BCUT2D eigenvalue weighted by Crippen LogP contribution is -1.97. The Morgan fingerprint density at radius 3 is 2.95 bits per heavy atom. The normalized spacial score (nSPS) is 14.6. The van der Waals surface area contributed by atoms with Crippen LogP contribution in [-0.4, -0.2) is 4.98 Å². The molecular formula is C15H18N2OS. The Morgan fingerprint density at radius 1 is 1.42 bits per heavy atom. The highest BCUT2D eigenvalue weighted by molar-refractivity contribution is 7.11. The summed E-state index contributed by atoms with van der Waals surface area (Å²) in [7, 11) is 0. The molecule has 0 saturated heterocycles. The second kappa shape index (κ2) is 5.31. The number of ether oxygens (including phenoxy) is 1. The lowest BCUT2D eigenvalue weighted by molar-refractivity contribution is 0.305. The van der Waals surface area contributed by atoms with E-state index in [2.05, 4.69) is 13.0 Å². The highest BCUT2D eigenvalue weighted by Crippen LogP contribution is 2.42. The number of nitrogens with two attached hydrogens (primary N) is 1. The van der Waals surface area contributed by atoms with Crippen LogP contribution >= 0.6 is 11.3 Å². The second-order valence-corrected chi connectivity index (χ2v) is 6.17. The fourth-order valence-electron chi connectivity index (χ4n) is 2.15. The second-order valence-electron chi connectivity index (χ2n) is 5.00. The standard InChI is InChI=1S/C15H18N2OS/c1-10-3-2-4-12(7-10)18-9-14-17-15(11-5-6-11)13(8-16)19-14/h2-4,7,11H,5-6,8-9,16H2,1H3. The van der Waals surface area contributed by atoms with Crippen LogP contribution in [0.25, 0.3) is 0 Å². The lowest BCUT2D eigenvalue weighted by atomic mass is 10.2. The summed E-state index contributed by atoms with van der Waals surface area (Å²) in [4.78, 5) is 5.92. The molecule has 0 bridgehead atoms. The number of thiazole rings is 1. The van der Waals surface area contributed by atoms with Gasteiger partial charge in [0.15, 0.2) is 0 Å². The van der Waals surface area contributed by atoms with Crippen molar-refractivity contribution in [3.63, 3.8) is 0 Å². The predicted molar refractivity (Wildman–Crippen MR) is 77.5 cm³/mol. The summed E-state index contributed by atoms with van der Waals surface area (Å²) < 4.78 is 5.79. The number of nitrogens with zero attached hydrogens (tertiary/aromatic N) is 1. The van der Waals surface area contributed by atoms with E-state index in [4.69, 9.17) is 15.5 Å². The Morgan fingerprint density at radius 2 is 2.26 bits per heavy atom. The van der Waals surface area contributed by atoms with E-state index in [0.717, 1.165) is 10.8 Å². The van der Waals surface area contributed by atoms with Gasteiger partial charge in [0.05, 0.1) is 5.69 Å². The molecule has 1 heterocycles. The third-order valence-corrected chi connectivity index (χ3v) is 4.34. The van der Waals surface area contributed by atoms with Crippen LogP contribution in [-0.2, 0) is 13.2 Å². The summed E-state index contributed by atoms with van der Waals surface area (Å²) >= 11 is 1.69. The summed E-state index contributed by atoms with van der Waals surface area (Å²) in [5.74, 6) is 1.56. The van der Waals surface area contributed by atoms with E-state index in [1.807, 2.05) is 18.2 Å². The molecule has 1 fully saturated rings. The minimum absolute atomic E-state index is 0.536. The first kappa shape index (κ1) is 12.6. The van der Waals surface area contributed by atoms with E-state index in [-0.39, 0.29) is 0 Å². The topological polar surface area (TPSA) is 48.1 Å². The summed E-state index contributed by atoms with van der Waals surface area (Å²) in [5.41, 5.74) is 8.21. The minimum Gasteiger partial charge on any atom is -0.486 e. The first-order valence-corrected chi connectivity index (χ1v) is 7.46. The molecule has 1 aliphatic rings. The van der Waals surface area contributed by atoms with Gasteiger partial charge in [0, 0.05) is 17.3 Å². The Bertz CT molecular complexity index is 575. The fourth-order valence-corrected chi connectivity index (χ4v) is 3.09. The molecule has 2 aromatic rings. The summed E-state index contributed by atoms with van der Waals surface area (Å²) in [6.07, 6.45) is 2.52. The number of benzene rings is 1. The lowest BCUT2D eigenvalue weighted by Gasteiger charge is -2.04. The molecule has 100 valence electrons. The van der Waals surface area contributed by atoms with Crippen molar-refractivity contribution in [2.45, 2.75) is 38.8 Å². The van der Waals surface area contributed by atoms with E-state index in [9.17, 15) is 0 Å². The molecule has 0 aliphatic heterocycles. The average molecular weight is 274 g/mol. The smallest absolute Gasteiger partial charge is 0.140 e. The number of rotatable bonds is 5. The third-order valence-electron chi connectivity index (χ3n) is 3.27. The van der Waals surface area contributed by atoms with Crippen LogP contribution in [0.3, 0.4) is 0 Å². The van der Waals surface area contributed by atoms with Gasteiger partial charge in [-0.1, -0.05) is 12.1 Å². The third kappa shape index (κ3) is 2.96. The van der Waals surface area contributed by atoms with Crippen molar-refractivity contribution in [2.24, 2.45) is 5.73 Å². The number of hydrogen-bond donors (Lipinski definition) is 1. The van der Waals surface area contributed by atoms with Gasteiger partial charge in [-0.05, 0) is 37.5 Å². The van der Waals surface area contributed by atoms with Crippen molar-refractivity contribution >= 4 is 11.3 Å². The van der Waals surface area contributed by atoms with Crippen LogP contribution < -0.4 is 10.5 Å². The molecule has 1 aromatic carbocycles.